The second-order valence-corrected chi connectivity index (χ2v) is 4.49. The summed E-state index contributed by atoms with van der Waals surface area (Å²) in [5.41, 5.74) is 0.0746. The molecule has 1 nitrogen and oxygen atoms in total. The molecule has 0 amide bonds. The second kappa shape index (κ2) is 5.25. The van der Waals surface area contributed by atoms with Crippen molar-refractivity contribution in [1.29, 1.82) is 0 Å². The van der Waals surface area contributed by atoms with Crippen LogP contribution in [0.5, 0.6) is 0 Å². The summed E-state index contributed by atoms with van der Waals surface area (Å²) in [4.78, 5) is 1.19. The molecule has 1 N–H and O–H groups in total. The van der Waals surface area contributed by atoms with Gasteiger partial charge >= 0.3 is 0 Å². The molecule has 0 saturated heterocycles. The van der Waals surface area contributed by atoms with Gasteiger partial charge in [0.25, 0.3) is 0 Å². The average Bonchev–Trinajstić information content (AvgIpc) is 2.27. The highest BCUT2D eigenvalue weighted by Crippen LogP contribution is 2.15. The lowest BCUT2D eigenvalue weighted by atomic mass is 10.0. The van der Waals surface area contributed by atoms with Gasteiger partial charge in [-0.25, -0.2) is 0 Å². The summed E-state index contributed by atoms with van der Waals surface area (Å²) in [5.74, 6) is 5.87. The molecule has 0 spiro atoms. The molecule has 0 fully saturated rings. The van der Waals surface area contributed by atoms with Crippen molar-refractivity contribution < 1.29 is 5.11 Å². The van der Waals surface area contributed by atoms with E-state index in [9.17, 15) is 5.11 Å². The Labute approximate surface area is 95.9 Å². The molecule has 0 bridgehead atoms. The Bertz CT molecular complexity index is 385. The van der Waals surface area contributed by atoms with Gasteiger partial charge in [-0.05, 0) is 37.8 Å². The lowest BCUT2D eigenvalue weighted by Gasteiger charge is -2.11. The number of hydrogen-bond acceptors (Lipinski definition) is 2. The Hall–Kier alpha value is -0.910. The normalized spacial score (nSPS) is 13.9. The molecule has 1 aromatic carbocycles. The van der Waals surface area contributed by atoms with Crippen LogP contribution in [0.15, 0.2) is 29.2 Å². The zero-order valence-corrected chi connectivity index (χ0v) is 10.2. The third-order valence-electron chi connectivity index (χ3n) is 2.23. The molecular formula is C13H16OS. The van der Waals surface area contributed by atoms with E-state index in [4.69, 9.17) is 0 Å². The van der Waals surface area contributed by atoms with E-state index in [1.165, 1.54) is 4.90 Å². The quantitative estimate of drug-likeness (QED) is 0.611. The predicted molar refractivity (Wildman–Crippen MR) is 66.0 cm³/mol. The molecule has 0 heterocycles. The van der Waals surface area contributed by atoms with Crippen LogP contribution < -0.4 is 0 Å². The van der Waals surface area contributed by atoms with Gasteiger partial charge in [0.2, 0.25) is 0 Å². The van der Waals surface area contributed by atoms with Crippen LogP contribution in [0.25, 0.3) is 0 Å². The fourth-order valence-corrected chi connectivity index (χ4v) is 1.46. The number of rotatable bonds is 2. The highest BCUT2D eigenvalue weighted by Gasteiger charge is 2.12. The Morgan fingerprint density at radius 2 is 2.20 bits per heavy atom. The molecule has 1 rings (SSSR count). The summed E-state index contributed by atoms with van der Waals surface area (Å²) in [5, 5.41) is 9.73. The van der Waals surface area contributed by atoms with E-state index in [2.05, 4.69) is 11.8 Å². The minimum atomic E-state index is -0.880. The number of thioether (sulfide) groups is 1. The predicted octanol–water partition coefficient (Wildman–Crippen LogP) is 2.92. The largest absolute Gasteiger partial charge is 0.378 e. The van der Waals surface area contributed by atoms with Crippen molar-refractivity contribution in [3.05, 3.63) is 29.8 Å². The number of aliphatic hydroxyl groups is 1. The van der Waals surface area contributed by atoms with Crippen LogP contribution in [0.1, 0.15) is 25.8 Å². The van der Waals surface area contributed by atoms with Crippen molar-refractivity contribution in [2.45, 2.75) is 30.8 Å². The van der Waals surface area contributed by atoms with Crippen LogP contribution in [-0.4, -0.2) is 17.0 Å². The van der Waals surface area contributed by atoms with Gasteiger partial charge in [-0.1, -0.05) is 24.8 Å². The van der Waals surface area contributed by atoms with Gasteiger partial charge in [-0.2, -0.15) is 0 Å². The third kappa shape index (κ3) is 3.99. The fourth-order valence-electron chi connectivity index (χ4n) is 0.996. The van der Waals surface area contributed by atoms with Gasteiger partial charge in [0.1, 0.15) is 5.60 Å². The van der Waals surface area contributed by atoms with Crippen molar-refractivity contribution in [3.63, 3.8) is 0 Å². The maximum absolute atomic E-state index is 9.73. The lowest BCUT2D eigenvalue weighted by Crippen LogP contribution is -2.19. The summed E-state index contributed by atoms with van der Waals surface area (Å²) in [6.07, 6.45) is 2.68. The molecule has 2 heteroatoms. The van der Waals surface area contributed by atoms with Crippen LogP contribution in [0, 0.1) is 11.8 Å². The minimum absolute atomic E-state index is 0.641. The zero-order valence-electron chi connectivity index (χ0n) is 9.37. The number of benzene rings is 1. The van der Waals surface area contributed by atoms with Crippen molar-refractivity contribution in [2.24, 2.45) is 0 Å². The first kappa shape index (κ1) is 12.2. The van der Waals surface area contributed by atoms with Gasteiger partial charge in [0.15, 0.2) is 0 Å². The molecule has 80 valence electrons. The van der Waals surface area contributed by atoms with Gasteiger partial charge in [-0.15, -0.1) is 11.8 Å². The highest BCUT2D eigenvalue weighted by molar-refractivity contribution is 7.98. The standard InChI is InChI=1S/C13H16OS/c1-4-13(2,14)9-8-11-6-5-7-12(10-11)15-3/h5-7,10,14H,4H2,1-3H3. The molecule has 1 atom stereocenters. The van der Waals surface area contributed by atoms with Gasteiger partial charge in [0.05, 0.1) is 0 Å². The molecule has 1 aromatic rings. The lowest BCUT2D eigenvalue weighted by molar-refractivity contribution is 0.118. The molecule has 15 heavy (non-hydrogen) atoms. The van der Waals surface area contributed by atoms with Crippen LogP contribution >= 0.6 is 11.8 Å². The first-order valence-corrected chi connectivity index (χ1v) is 6.19. The third-order valence-corrected chi connectivity index (χ3v) is 2.96. The molecule has 0 aromatic heterocycles. The average molecular weight is 220 g/mol. The van der Waals surface area contributed by atoms with E-state index in [1.54, 1.807) is 18.7 Å². The van der Waals surface area contributed by atoms with Crippen molar-refractivity contribution >= 4 is 11.8 Å². The minimum Gasteiger partial charge on any atom is -0.378 e. The van der Waals surface area contributed by atoms with Crippen LogP contribution in [0.3, 0.4) is 0 Å². The van der Waals surface area contributed by atoms with Crippen LogP contribution in [0.4, 0.5) is 0 Å². The first-order valence-electron chi connectivity index (χ1n) is 4.97. The van der Waals surface area contributed by atoms with E-state index in [1.807, 2.05) is 37.4 Å². The molecule has 0 aliphatic rings. The van der Waals surface area contributed by atoms with E-state index in [-0.39, 0.29) is 0 Å². The Morgan fingerprint density at radius 1 is 1.47 bits per heavy atom. The highest BCUT2D eigenvalue weighted by atomic mass is 32.2. The van der Waals surface area contributed by atoms with Gasteiger partial charge in [0, 0.05) is 10.5 Å². The van der Waals surface area contributed by atoms with Crippen molar-refractivity contribution in [1.82, 2.24) is 0 Å². The molecule has 0 saturated carbocycles. The van der Waals surface area contributed by atoms with Crippen molar-refractivity contribution in [2.75, 3.05) is 6.26 Å². The summed E-state index contributed by atoms with van der Waals surface area (Å²) in [6.45, 7) is 3.66. The van der Waals surface area contributed by atoms with Crippen LogP contribution in [-0.2, 0) is 0 Å². The summed E-state index contributed by atoms with van der Waals surface area (Å²) in [6, 6.07) is 8.02. The summed E-state index contributed by atoms with van der Waals surface area (Å²) < 4.78 is 0. The van der Waals surface area contributed by atoms with E-state index < -0.39 is 5.60 Å². The topological polar surface area (TPSA) is 20.2 Å². The molecule has 0 aliphatic heterocycles. The molecule has 1 unspecified atom stereocenters. The Balaban J connectivity index is 2.89. The smallest absolute Gasteiger partial charge is 0.122 e. The SMILES string of the molecule is CCC(C)(O)C#Cc1cccc(SC)c1. The van der Waals surface area contributed by atoms with E-state index >= 15 is 0 Å². The number of hydrogen-bond donors (Lipinski definition) is 1. The maximum atomic E-state index is 9.73. The Kier molecular flexibility index (Phi) is 4.26. The maximum Gasteiger partial charge on any atom is 0.122 e. The molecule has 0 aliphatic carbocycles. The Morgan fingerprint density at radius 3 is 2.80 bits per heavy atom. The van der Waals surface area contributed by atoms with Crippen LogP contribution in [0.2, 0.25) is 0 Å². The van der Waals surface area contributed by atoms with Crippen molar-refractivity contribution in [3.8, 4) is 11.8 Å². The second-order valence-electron chi connectivity index (χ2n) is 3.61. The fraction of sp³-hybridized carbons (Fsp3) is 0.385. The monoisotopic (exact) mass is 220 g/mol. The molecule has 0 radical (unpaired) electrons. The summed E-state index contributed by atoms with van der Waals surface area (Å²) >= 11 is 1.69. The van der Waals surface area contributed by atoms with E-state index in [0.29, 0.717) is 6.42 Å². The van der Waals surface area contributed by atoms with E-state index in [0.717, 1.165) is 5.56 Å². The molecular weight excluding hydrogens is 204 g/mol. The first-order chi connectivity index (χ1) is 7.07. The van der Waals surface area contributed by atoms with Gasteiger partial charge < -0.3 is 5.11 Å². The zero-order chi connectivity index (χ0) is 11.3. The van der Waals surface area contributed by atoms with Gasteiger partial charge in [-0.3, -0.25) is 0 Å². The summed E-state index contributed by atoms with van der Waals surface area (Å²) in [7, 11) is 0.